The number of nitrogens with zero attached hydrogens (tertiary/aromatic N) is 3. The molecule has 2 aromatic heterocycles. The van der Waals surface area contributed by atoms with Crippen molar-refractivity contribution < 1.29 is 26.3 Å². The van der Waals surface area contributed by atoms with Crippen molar-refractivity contribution in [2.24, 2.45) is 0 Å². The number of rotatable bonds is 1. The van der Waals surface area contributed by atoms with Crippen LogP contribution in [0, 0.1) is 0 Å². The van der Waals surface area contributed by atoms with Crippen molar-refractivity contribution in [3.63, 3.8) is 0 Å². The molecule has 0 aliphatic carbocycles. The van der Waals surface area contributed by atoms with E-state index in [0.29, 0.717) is 4.47 Å². The molecule has 0 amide bonds. The topological polar surface area (TPSA) is 56.7 Å². The van der Waals surface area contributed by atoms with E-state index in [4.69, 9.17) is 17.3 Å². The summed E-state index contributed by atoms with van der Waals surface area (Å²) in [6.45, 7) is 0. The first kappa shape index (κ1) is 18.8. The Morgan fingerprint density at radius 3 is 2.23 bits per heavy atom. The molecule has 3 rings (SSSR count). The highest BCUT2D eigenvalue weighted by atomic mass is 79.9. The van der Waals surface area contributed by atoms with Crippen LogP contribution in [0.2, 0.25) is 5.02 Å². The number of hydrogen-bond acceptors (Lipinski definition) is 3. The lowest BCUT2D eigenvalue weighted by molar-refractivity contribution is -0.144. The van der Waals surface area contributed by atoms with Crippen molar-refractivity contribution in [3.05, 3.63) is 45.0 Å². The van der Waals surface area contributed by atoms with E-state index in [1.165, 1.54) is 18.2 Å². The smallest absolute Gasteiger partial charge is 0.383 e. The van der Waals surface area contributed by atoms with Crippen LogP contribution in [-0.4, -0.2) is 14.8 Å². The van der Waals surface area contributed by atoms with Gasteiger partial charge in [-0.3, -0.25) is 0 Å². The van der Waals surface area contributed by atoms with Crippen LogP contribution in [0.15, 0.2) is 28.7 Å². The summed E-state index contributed by atoms with van der Waals surface area (Å²) in [7, 11) is 0. The monoisotopic (exact) mass is 458 g/mol. The van der Waals surface area contributed by atoms with Crippen molar-refractivity contribution in [3.8, 4) is 5.69 Å². The molecule has 0 fully saturated rings. The van der Waals surface area contributed by atoms with Gasteiger partial charge in [0.15, 0.2) is 5.65 Å². The van der Waals surface area contributed by atoms with Crippen LogP contribution in [0.4, 0.5) is 32.2 Å². The first-order chi connectivity index (χ1) is 11.9. The second kappa shape index (κ2) is 6.02. The molecule has 2 N–H and O–H groups in total. The number of aromatic nitrogens is 3. The zero-order valence-corrected chi connectivity index (χ0v) is 14.6. The van der Waals surface area contributed by atoms with E-state index in [2.05, 4.69) is 26.0 Å². The average Bonchev–Trinajstić information content (AvgIpc) is 2.81. The van der Waals surface area contributed by atoms with Gasteiger partial charge < -0.3 is 5.73 Å². The summed E-state index contributed by atoms with van der Waals surface area (Å²) >= 11 is 9.19. The summed E-state index contributed by atoms with van der Waals surface area (Å²) in [5.41, 5.74) is 1.75. The quantitative estimate of drug-likeness (QED) is 0.492. The van der Waals surface area contributed by atoms with Gasteiger partial charge in [0.05, 0.1) is 21.7 Å². The van der Waals surface area contributed by atoms with E-state index < -0.39 is 40.5 Å². The Bertz CT molecular complexity index is 1010. The van der Waals surface area contributed by atoms with Crippen molar-refractivity contribution in [2.75, 3.05) is 5.73 Å². The Labute approximate surface area is 154 Å². The van der Waals surface area contributed by atoms with Gasteiger partial charge in [0, 0.05) is 4.47 Å². The molecule has 0 saturated heterocycles. The van der Waals surface area contributed by atoms with E-state index in [9.17, 15) is 26.3 Å². The summed E-state index contributed by atoms with van der Waals surface area (Å²) in [4.78, 5) is 3.19. The van der Waals surface area contributed by atoms with E-state index >= 15 is 0 Å². The zero-order valence-electron chi connectivity index (χ0n) is 12.3. The van der Waals surface area contributed by atoms with Crippen LogP contribution in [0.5, 0.6) is 0 Å². The van der Waals surface area contributed by atoms with Crippen LogP contribution in [0.1, 0.15) is 11.3 Å². The van der Waals surface area contributed by atoms with Crippen LogP contribution < -0.4 is 5.73 Å². The Hall–Kier alpha value is -2.01. The lowest BCUT2D eigenvalue weighted by Gasteiger charge is -2.12. The fourth-order valence-electron chi connectivity index (χ4n) is 2.32. The van der Waals surface area contributed by atoms with Crippen LogP contribution >= 0.6 is 27.5 Å². The molecule has 1 aromatic carbocycles. The van der Waals surface area contributed by atoms with Gasteiger partial charge in [-0.25, -0.2) is 9.67 Å². The van der Waals surface area contributed by atoms with Crippen molar-refractivity contribution in [2.45, 2.75) is 12.4 Å². The third-order valence-electron chi connectivity index (χ3n) is 3.41. The number of nitrogens with two attached hydrogens (primary N) is 1. The minimum atomic E-state index is -5.09. The number of fused-ring (bicyclic) bond motifs is 1. The standard InChI is InChI=1S/C14H6BrClF6N4/c15-5-1-2-8(7(16)3-5)26-11(23)10-6(13(17,18)19)4-9(14(20,21)22)24-12(10)25-26/h1-4H,23H2. The van der Waals surface area contributed by atoms with Crippen molar-refractivity contribution in [1.29, 1.82) is 0 Å². The fraction of sp³-hybridized carbons (Fsp3) is 0.143. The molecule has 3 aromatic rings. The van der Waals surface area contributed by atoms with Gasteiger partial charge >= 0.3 is 12.4 Å². The largest absolute Gasteiger partial charge is 0.433 e. The molecule has 138 valence electrons. The fourth-order valence-corrected chi connectivity index (χ4v) is 3.07. The Balaban J connectivity index is 2.38. The molecular formula is C14H6BrClF6N4. The molecule has 0 atom stereocenters. The van der Waals surface area contributed by atoms with Gasteiger partial charge in [-0.1, -0.05) is 27.5 Å². The molecule has 0 bridgehead atoms. The van der Waals surface area contributed by atoms with Gasteiger partial charge in [-0.15, -0.1) is 5.10 Å². The number of hydrogen-bond donors (Lipinski definition) is 1. The Morgan fingerprint density at radius 1 is 1.04 bits per heavy atom. The minimum Gasteiger partial charge on any atom is -0.383 e. The molecule has 4 nitrogen and oxygen atoms in total. The summed E-state index contributed by atoms with van der Waals surface area (Å²) in [5, 5.41) is 3.04. The molecule has 26 heavy (non-hydrogen) atoms. The van der Waals surface area contributed by atoms with E-state index in [1.54, 1.807) is 0 Å². The number of benzene rings is 1. The van der Waals surface area contributed by atoms with E-state index in [1.807, 2.05) is 0 Å². The maximum Gasteiger partial charge on any atom is 0.433 e. The van der Waals surface area contributed by atoms with Crippen LogP contribution in [-0.2, 0) is 12.4 Å². The number of halogens is 8. The predicted octanol–water partition coefficient (Wildman–Crippen LogP) is 5.46. The summed E-state index contributed by atoms with van der Waals surface area (Å²) < 4.78 is 80.0. The SMILES string of the molecule is Nc1c2c(C(F)(F)F)cc(C(F)(F)F)nc2nn1-c1ccc(Br)cc1Cl. The van der Waals surface area contributed by atoms with Crippen molar-refractivity contribution in [1.82, 2.24) is 14.8 Å². The van der Waals surface area contributed by atoms with Crippen LogP contribution in [0.25, 0.3) is 16.7 Å². The molecule has 0 aliphatic heterocycles. The van der Waals surface area contributed by atoms with E-state index in [-0.39, 0.29) is 16.8 Å². The highest BCUT2D eigenvalue weighted by Gasteiger charge is 2.41. The normalized spacial score (nSPS) is 12.8. The third kappa shape index (κ3) is 3.20. The lowest BCUT2D eigenvalue weighted by Crippen LogP contribution is -2.13. The number of pyridine rings is 1. The second-order valence-electron chi connectivity index (χ2n) is 5.14. The first-order valence-corrected chi connectivity index (χ1v) is 7.85. The number of anilines is 1. The maximum atomic E-state index is 13.3. The summed E-state index contributed by atoms with van der Waals surface area (Å²) in [6, 6.07) is 4.26. The van der Waals surface area contributed by atoms with E-state index in [0.717, 1.165) is 4.68 Å². The molecule has 0 unspecified atom stereocenters. The molecule has 0 aliphatic rings. The van der Waals surface area contributed by atoms with Gasteiger partial charge in [0.2, 0.25) is 0 Å². The highest BCUT2D eigenvalue weighted by molar-refractivity contribution is 9.10. The highest BCUT2D eigenvalue weighted by Crippen LogP contribution is 2.41. The molecule has 2 heterocycles. The maximum absolute atomic E-state index is 13.3. The zero-order chi connectivity index (χ0) is 19.4. The predicted molar refractivity (Wildman–Crippen MR) is 86.0 cm³/mol. The summed E-state index contributed by atoms with van der Waals surface area (Å²) in [6.07, 6.45) is -10.2. The molecular weight excluding hydrogens is 454 g/mol. The number of nitrogen functional groups attached to an aromatic ring is 1. The van der Waals surface area contributed by atoms with Gasteiger partial charge in [-0.05, 0) is 24.3 Å². The molecule has 0 spiro atoms. The summed E-state index contributed by atoms with van der Waals surface area (Å²) in [5.74, 6) is -0.530. The minimum absolute atomic E-state index is 0.0727. The molecule has 12 heteroatoms. The lowest BCUT2D eigenvalue weighted by atomic mass is 10.1. The first-order valence-electron chi connectivity index (χ1n) is 6.68. The third-order valence-corrected chi connectivity index (χ3v) is 4.21. The Kier molecular flexibility index (Phi) is 4.34. The number of alkyl halides is 6. The second-order valence-corrected chi connectivity index (χ2v) is 6.46. The average molecular weight is 460 g/mol. The Morgan fingerprint density at radius 2 is 1.69 bits per heavy atom. The van der Waals surface area contributed by atoms with Gasteiger partial charge in [0.1, 0.15) is 11.5 Å². The van der Waals surface area contributed by atoms with Crippen LogP contribution in [0.3, 0.4) is 0 Å². The molecule has 0 saturated carbocycles. The van der Waals surface area contributed by atoms with Gasteiger partial charge in [0.25, 0.3) is 0 Å². The van der Waals surface area contributed by atoms with Gasteiger partial charge in [-0.2, -0.15) is 26.3 Å². The molecule has 0 radical (unpaired) electrons. The van der Waals surface area contributed by atoms with Crippen molar-refractivity contribution >= 4 is 44.4 Å².